The van der Waals surface area contributed by atoms with E-state index < -0.39 is 0 Å². The molecule has 0 saturated heterocycles. The minimum absolute atomic E-state index is 0.534. The average molecular weight is 260 g/mol. The lowest BCUT2D eigenvalue weighted by atomic mass is 9.56. The van der Waals surface area contributed by atoms with Gasteiger partial charge in [-0.15, -0.1) is 11.8 Å². The molecule has 2 N–H and O–H groups in total. The van der Waals surface area contributed by atoms with Crippen molar-refractivity contribution in [2.75, 3.05) is 5.73 Å². The van der Waals surface area contributed by atoms with Crippen molar-refractivity contribution in [2.45, 2.75) is 48.2 Å². The molecule has 2 nitrogen and oxygen atoms in total. The largest absolute Gasteiger partial charge is 0.384 e. The normalized spacial score (nSPS) is 41.2. The summed E-state index contributed by atoms with van der Waals surface area (Å²) in [6, 6.07) is 4.08. The van der Waals surface area contributed by atoms with E-state index >= 15 is 0 Å². The summed E-state index contributed by atoms with van der Waals surface area (Å²) in [5.74, 6) is 3.69. The third-order valence-electron chi connectivity index (χ3n) is 5.08. The summed E-state index contributed by atoms with van der Waals surface area (Å²) >= 11 is 2.09. The molecule has 1 aromatic rings. The molecule has 4 bridgehead atoms. The first-order valence-corrected chi connectivity index (χ1v) is 7.93. The van der Waals surface area contributed by atoms with Crippen LogP contribution < -0.4 is 5.73 Å². The van der Waals surface area contributed by atoms with Crippen LogP contribution in [0.2, 0.25) is 0 Å². The maximum atomic E-state index is 5.67. The number of pyridine rings is 1. The summed E-state index contributed by atoms with van der Waals surface area (Å²) in [5.41, 5.74) is 5.67. The minimum atomic E-state index is 0.534. The van der Waals surface area contributed by atoms with Gasteiger partial charge in [-0.25, -0.2) is 4.98 Å². The van der Waals surface area contributed by atoms with Crippen LogP contribution in [0.3, 0.4) is 0 Å². The fourth-order valence-corrected chi connectivity index (χ4v) is 6.56. The van der Waals surface area contributed by atoms with Crippen LogP contribution in [-0.4, -0.2) is 9.73 Å². The Balaban J connectivity index is 1.58. The standard InChI is InChI=1S/C15H20N2S/c16-14-2-1-13(9-17-14)18-15-6-10-3-11(7-15)5-12(4-10)8-15/h1-2,9-12H,3-8H2,(H2,16,17). The van der Waals surface area contributed by atoms with Crippen molar-refractivity contribution in [3.8, 4) is 0 Å². The van der Waals surface area contributed by atoms with Gasteiger partial charge in [-0.3, -0.25) is 0 Å². The van der Waals surface area contributed by atoms with Crippen LogP contribution in [0.15, 0.2) is 23.2 Å². The fraction of sp³-hybridized carbons (Fsp3) is 0.667. The van der Waals surface area contributed by atoms with Gasteiger partial charge in [0.15, 0.2) is 0 Å². The van der Waals surface area contributed by atoms with E-state index in [9.17, 15) is 0 Å². The molecule has 0 spiro atoms. The van der Waals surface area contributed by atoms with Crippen molar-refractivity contribution in [2.24, 2.45) is 17.8 Å². The summed E-state index contributed by atoms with van der Waals surface area (Å²) in [6.45, 7) is 0. The molecule has 3 heteroatoms. The first-order valence-electron chi connectivity index (χ1n) is 7.11. The minimum Gasteiger partial charge on any atom is -0.384 e. The molecule has 4 fully saturated rings. The Hall–Kier alpha value is -0.700. The van der Waals surface area contributed by atoms with E-state index in [0.717, 1.165) is 17.8 Å². The second-order valence-electron chi connectivity index (χ2n) is 6.62. The Morgan fingerprint density at radius 1 is 1.06 bits per heavy atom. The zero-order chi connectivity index (χ0) is 12.2. The van der Waals surface area contributed by atoms with Gasteiger partial charge in [0, 0.05) is 15.8 Å². The van der Waals surface area contributed by atoms with Gasteiger partial charge in [0.1, 0.15) is 5.82 Å². The molecular weight excluding hydrogens is 240 g/mol. The first-order chi connectivity index (χ1) is 8.71. The van der Waals surface area contributed by atoms with E-state index in [0.29, 0.717) is 10.6 Å². The lowest BCUT2D eigenvalue weighted by molar-refractivity contribution is 0.0383. The second kappa shape index (κ2) is 3.89. The van der Waals surface area contributed by atoms with E-state index in [2.05, 4.69) is 22.8 Å². The van der Waals surface area contributed by atoms with Gasteiger partial charge in [0.05, 0.1) is 0 Å². The highest BCUT2D eigenvalue weighted by atomic mass is 32.2. The molecule has 5 rings (SSSR count). The molecule has 96 valence electrons. The molecule has 4 aliphatic rings. The van der Waals surface area contributed by atoms with Crippen molar-refractivity contribution in [3.63, 3.8) is 0 Å². The van der Waals surface area contributed by atoms with Gasteiger partial charge in [0.2, 0.25) is 0 Å². The van der Waals surface area contributed by atoms with Gasteiger partial charge in [-0.1, -0.05) is 0 Å². The molecule has 1 heterocycles. The zero-order valence-corrected chi connectivity index (χ0v) is 11.5. The van der Waals surface area contributed by atoms with Crippen LogP contribution in [-0.2, 0) is 0 Å². The van der Waals surface area contributed by atoms with E-state index in [1.54, 1.807) is 0 Å². The number of aromatic nitrogens is 1. The first kappa shape index (κ1) is 11.2. The van der Waals surface area contributed by atoms with Gasteiger partial charge in [-0.05, 0) is 68.4 Å². The van der Waals surface area contributed by atoms with Crippen LogP contribution in [0, 0.1) is 17.8 Å². The predicted molar refractivity (Wildman–Crippen MR) is 75.4 cm³/mol. The molecule has 4 saturated carbocycles. The SMILES string of the molecule is Nc1ccc(SC23CC4CC(CC(C4)C2)C3)cn1. The highest BCUT2D eigenvalue weighted by Crippen LogP contribution is 2.61. The molecule has 0 amide bonds. The number of nitrogen functional groups attached to an aromatic ring is 1. The van der Waals surface area contributed by atoms with E-state index in [-0.39, 0.29) is 0 Å². The second-order valence-corrected chi connectivity index (χ2v) is 8.16. The molecule has 4 aliphatic carbocycles. The number of hydrogen-bond acceptors (Lipinski definition) is 3. The third-order valence-corrected chi connectivity index (χ3v) is 6.49. The van der Waals surface area contributed by atoms with E-state index in [4.69, 9.17) is 5.73 Å². The number of anilines is 1. The van der Waals surface area contributed by atoms with Crippen LogP contribution in [0.5, 0.6) is 0 Å². The monoisotopic (exact) mass is 260 g/mol. The summed E-state index contributed by atoms with van der Waals surface area (Å²) in [6.07, 6.45) is 10.8. The van der Waals surface area contributed by atoms with Gasteiger partial charge < -0.3 is 5.73 Å². The molecule has 1 aromatic heterocycles. The van der Waals surface area contributed by atoms with Gasteiger partial charge in [-0.2, -0.15) is 0 Å². The molecule has 0 radical (unpaired) electrons. The topological polar surface area (TPSA) is 38.9 Å². The van der Waals surface area contributed by atoms with Crippen molar-refractivity contribution >= 4 is 17.6 Å². The highest BCUT2D eigenvalue weighted by molar-refractivity contribution is 8.00. The smallest absolute Gasteiger partial charge is 0.123 e. The number of nitrogens with two attached hydrogens (primary N) is 1. The molecule has 0 aliphatic heterocycles. The van der Waals surface area contributed by atoms with Crippen LogP contribution in [0.1, 0.15) is 38.5 Å². The molecule has 0 atom stereocenters. The molecule has 0 aromatic carbocycles. The summed E-state index contributed by atoms with van der Waals surface area (Å²) < 4.78 is 0.534. The van der Waals surface area contributed by atoms with Crippen molar-refractivity contribution in [1.82, 2.24) is 4.98 Å². The maximum Gasteiger partial charge on any atom is 0.123 e. The van der Waals surface area contributed by atoms with Crippen LogP contribution in [0.4, 0.5) is 5.82 Å². The van der Waals surface area contributed by atoms with Crippen molar-refractivity contribution in [3.05, 3.63) is 18.3 Å². The Bertz CT molecular complexity index is 419. The molecular formula is C15H20N2S. The Morgan fingerprint density at radius 3 is 2.17 bits per heavy atom. The summed E-state index contributed by atoms with van der Waals surface area (Å²) in [7, 11) is 0. The highest BCUT2D eigenvalue weighted by Gasteiger charge is 2.51. The number of thioether (sulfide) groups is 1. The Labute approximate surface area is 113 Å². The summed E-state index contributed by atoms with van der Waals surface area (Å²) in [4.78, 5) is 5.55. The van der Waals surface area contributed by atoms with E-state index in [1.807, 2.05) is 12.3 Å². The Kier molecular flexibility index (Phi) is 2.41. The molecule has 18 heavy (non-hydrogen) atoms. The number of rotatable bonds is 2. The van der Waals surface area contributed by atoms with Crippen molar-refractivity contribution < 1.29 is 0 Å². The van der Waals surface area contributed by atoms with E-state index in [1.165, 1.54) is 43.4 Å². The lowest BCUT2D eigenvalue weighted by Crippen LogP contribution is -2.48. The van der Waals surface area contributed by atoms with Crippen LogP contribution >= 0.6 is 11.8 Å². The summed E-state index contributed by atoms with van der Waals surface area (Å²) in [5, 5.41) is 0. The fourth-order valence-electron chi connectivity index (χ4n) is 4.86. The van der Waals surface area contributed by atoms with Gasteiger partial charge >= 0.3 is 0 Å². The molecule has 0 unspecified atom stereocenters. The third kappa shape index (κ3) is 1.83. The lowest BCUT2D eigenvalue weighted by Gasteiger charge is -2.56. The number of nitrogens with zero attached hydrogens (tertiary/aromatic N) is 1. The van der Waals surface area contributed by atoms with Crippen LogP contribution in [0.25, 0.3) is 0 Å². The van der Waals surface area contributed by atoms with Gasteiger partial charge in [0.25, 0.3) is 0 Å². The maximum absolute atomic E-state index is 5.67. The average Bonchev–Trinajstić information content (AvgIpc) is 2.30. The zero-order valence-electron chi connectivity index (χ0n) is 10.6. The quantitative estimate of drug-likeness (QED) is 0.880. The predicted octanol–water partition coefficient (Wildman–Crippen LogP) is 3.72. The van der Waals surface area contributed by atoms with Crippen molar-refractivity contribution in [1.29, 1.82) is 0 Å². The Morgan fingerprint density at radius 2 is 1.67 bits per heavy atom. The number of hydrogen-bond donors (Lipinski definition) is 1.